The first-order chi connectivity index (χ1) is 8.99. The Balaban J connectivity index is 2.20. The summed E-state index contributed by atoms with van der Waals surface area (Å²) in [5.41, 5.74) is 2.38. The molecule has 5 nitrogen and oxygen atoms in total. The van der Waals surface area contributed by atoms with E-state index in [9.17, 15) is 9.59 Å². The van der Waals surface area contributed by atoms with E-state index in [1.165, 1.54) is 6.07 Å². The molecule has 1 saturated heterocycles. The third-order valence-electron chi connectivity index (χ3n) is 3.60. The molecule has 3 N–H and O–H groups in total. The zero-order valence-electron chi connectivity index (χ0n) is 11.1. The molecule has 1 atom stereocenters. The molecule has 5 heteroatoms. The fraction of sp³-hybridized carbons (Fsp3) is 0.429. The average molecular weight is 262 g/mol. The Morgan fingerprint density at radius 3 is 2.68 bits per heavy atom. The van der Waals surface area contributed by atoms with Crippen molar-refractivity contribution in [2.45, 2.75) is 20.3 Å². The third kappa shape index (κ3) is 2.93. The maximum atomic E-state index is 12.0. The highest BCUT2D eigenvalue weighted by Gasteiger charge is 2.22. The van der Waals surface area contributed by atoms with Gasteiger partial charge < -0.3 is 15.7 Å². The monoisotopic (exact) mass is 262 g/mol. The fourth-order valence-electron chi connectivity index (χ4n) is 2.28. The quantitative estimate of drug-likeness (QED) is 0.772. The van der Waals surface area contributed by atoms with Crippen LogP contribution in [-0.2, 0) is 4.79 Å². The first-order valence-corrected chi connectivity index (χ1v) is 6.35. The van der Waals surface area contributed by atoms with Gasteiger partial charge in [-0.3, -0.25) is 4.79 Å². The molecule has 1 aromatic rings. The number of carboxylic acid groups (broad SMARTS) is 1. The standard InChI is InChI=1S/C14H18N2O3/c1-8-5-11(6-12(9(8)2)14(18)19)16-13(17)10-3-4-15-7-10/h5-6,10,15H,3-4,7H2,1-2H3,(H,16,17)(H,18,19). The van der Waals surface area contributed by atoms with Gasteiger partial charge in [0.2, 0.25) is 5.91 Å². The Morgan fingerprint density at radius 1 is 1.37 bits per heavy atom. The van der Waals surface area contributed by atoms with E-state index in [0.717, 1.165) is 24.1 Å². The van der Waals surface area contributed by atoms with Crippen LogP contribution in [0.2, 0.25) is 0 Å². The molecule has 2 rings (SSSR count). The van der Waals surface area contributed by atoms with Crippen molar-refractivity contribution in [3.05, 3.63) is 28.8 Å². The van der Waals surface area contributed by atoms with Crippen molar-refractivity contribution in [1.82, 2.24) is 5.32 Å². The lowest BCUT2D eigenvalue weighted by Gasteiger charge is -2.13. The Morgan fingerprint density at radius 2 is 2.11 bits per heavy atom. The first-order valence-electron chi connectivity index (χ1n) is 6.35. The Bertz CT molecular complexity index is 520. The minimum absolute atomic E-state index is 0.0325. The van der Waals surface area contributed by atoms with Crippen molar-refractivity contribution in [2.24, 2.45) is 5.92 Å². The molecule has 1 unspecified atom stereocenters. The summed E-state index contributed by atoms with van der Waals surface area (Å²) in [7, 11) is 0. The van der Waals surface area contributed by atoms with Gasteiger partial charge in [-0.1, -0.05) is 0 Å². The molecule has 0 radical (unpaired) electrons. The predicted octanol–water partition coefficient (Wildman–Crippen LogP) is 1.55. The molecule has 1 amide bonds. The van der Waals surface area contributed by atoms with Crippen LogP contribution < -0.4 is 10.6 Å². The van der Waals surface area contributed by atoms with Crippen molar-refractivity contribution in [3.63, 3.8) is 0 Å². The second-order valence-electron chi connectivity index (χ2n) is 4.95. The molecule has 19 heavy (non-hydrogen) atoms. The van der Waals surface area contributed by atoms with Gasteiger partial charge in [-0.05, 0) is 50.1 Å². The number of aromatic carboxylic acids is 1. The van der Waals surface area contributed by atoms with Gasteiger partial charge in [0.15, 0.2) is 0 Å². The van der Waals surface area contributed by atoms with Crippen LogP contribution in [-0.4, -0.2) is 30.1 Å². The highest BCUT2D eigenvalue weighted by molar-refractivity contribution is 5.96. The molecule has 1 fully saturated rings. The number of carbonyl (C=O) groups is 2. The summed E-state index contributed by atoms with van der Waals surface area (Å²) in [5.74, 6) is -1.06. The van der Waals surface area contributed by atoms with Crippen LogP contribution in [0.5, 0.6) is 0 Å². The molecule has 1 aromatic carbocycles. The lowest BCUT2D eigenvalue weighted by molar-refractivity contribution is -0.119. The molecular formula is C14H18N2O3. The largest absolute Gasteiger partial charge is 0.478 e. The van der Waals surface area contributed by atoms with E-state index in [1.807, 2.05) is 13.0 Å². The number of nitrogens with one attached hydrogen (secondary N) is 2. The molecule has 102 valence electrons. The topological polar surface area (TPSA) is 78.4 Å². The number of rotatable bonds is 3. The molecule has 0 spiro atoms. The minimum atomic E-state index is -0.973. The van der Waals surface area contributed by atoms with Crippen LogP contribution in [0.15, 0.2) is 12.1 Å². The normalized spacial score (nSPS) is 18.3. The lowest BCUT2D eigenvalue weighted by Crippen LogP contribution is -2.24. The van der Waals surface area contributed by atoms with Crippen LogP contribution in [0, 0.1) is 19.8 Å². The SMILES string of the molecule is Cc1cc(NC(=O)C2CCNC2)cc(C(=O)O)c1C. The summed E-state index contributed by atoms with van der Waals surface area (Å²) in [6, 6.07) is 3.33. The number of amides is 1. The van der Waals surface area contributed by atoms with Crippen LogP contribution >= 0.6 is 0 Å². The molecule has 0 aromatic heterocycles. The number of aryl methyl sites for hydroxylation is 1. The molecular weight excluding hydrogens is 244 g/mol. The number of hydrogen-bond donors (Lipinski definition) is 3. The number of carboxylic acids is 1. The fourth-order valence-corrected chi connectivity index (χ4v) is 2.28. The molecule has 1 aliphatic heterocycles. The lowest BCUT2D eigenvalue weighted by atomic mass is 10.0. The van der Waals surface area contributed by atoms with Crippen molar-refractivity contribution < 1.29 is 14.7 Å². The number of hydrogen-bond acceptors (Lipinski definition) is 3. The third-order valence-corrected chi connectivity index (χ3v) is 3.60. The van der Waals surface area contributed by atoms with Gasteiger partial charge in [-0.25, -0.2) is 4.79 Å². The number of benzene rings is 1. The highest BCUT2D eigenvalue weighted by Crippen LogP contribution is 2.21. The molecule has 0 saturated carbocycles. The zero-order chi connectivity index (χ0) is 14.0. The molecule has 0 bridgehead atoms. The minimum Gasteiger partial charge on any atom is -0.478 e. The van der Waals surface area contributed by atoms with E-state index in [-0.39, 0.29) is 17.4 Å². The summed E-state index contributed by atoms with van der Waals surface area (Å²) in [4.78, 5) is 23.1. The van der Waals surface area contributed by atoms with Gasteiger partial charge in [0.25, 0.3) is 0 Å². The van der Waals surface area contributed by atoms with Crippen molar-refractivity contribution >= 4 is 17.6 Å². The first kappa shape index (κ1) is 13.5. The van der Waals surface area contributed by atoms with E-state index < -0.39 is 5.97 Å². The Hall–Kier alpha value is -1.88. The Kier molecular flexibility index (Phi) is 3.85. The van der Waals surface area contributed by atoms with E-state index in [0.29, 0.717) is 12.2 Å². The molecule has 1 aliphatic rings. The summed E-state index contributed by atoms with van der Waals surface area (Å²) >= 11 is 0. The van der Waals surface area contributed by atoms with E-state index >= 15 is 0 Å². The van der Waals surface area contributed by atoms with Gasteiger partial charge in [-0.15, -0.1) is 0 Å². The maximum Gasteiger partial charge on any atom is 0.336 e. The van der Waals surface area contributed by atoms with Crippen molar-refractivity contribution in [1.29, 1.82) is 0 Å². The van der Waals surface area contributed by atoms with Gasteiger partial charge in [0, 0.05) is 12.2 Å². The predicted molar refractivity (Wildman–Crippen MR) is 72.5 cm³/mol. The second kappa shape index (κ2) is 5.40. The highest BCUT2D eigenvalue weighted by atomic mass is 16.4. The number of anilines is 1. The number of carbonyl (C=O) groups excluding carboxylic acids is 1. The van der Waals surface area contributed by atoms with Gasteiger partial charge in [-0.2, -0.15) is 0 Å². The summed E-state index contributed by atoms with van der Waals surface area (Å²) < 4.78 is 0. The summed E-state index contributed by atoms with van der Waals surface area (Å²) in [5, 5.41) is 15.1. The summed E-state index contributed by atoms with van der Waals surface area (Å²) in [6.45, 7) is 5.15. The van der Waals surface area contributed by atoms with Gasteiger partial charge in [0.1, 0.15) is 0 Å². The second-order valence-corrected chi connectivity index (χ2v) is 4.95. The van der Waals surface area contributed by atoms with Crippen LogP contribution in [0.1, 0.15) is 27.9 Å². The smallest absolute Gasteiger partial charge is 0.336 e. The zero-order valence-corrected chi connectivity index (χ0v) is 11.1. The van der Waals surface area contributed by atoms with Crippen LogP contribution in [0.25, 0.3) is 0 Å². The van der Waals surface area contributed by atoms with Gasteiger partial charge >= 0.3 is 5.97 Å². The van der Waals surface area contributed by atoms with E-state index in [1.54, 1.807) is 6.92 Å². The molecule has 0 aliphatic carbocycles. The van der Waals surface area contributed by atoms with Crippen molar-refractivity contribution in [2.75, 3.05) is 18.4 Å². The van der Waals surface area contributed by atoms with Crippen LogP contribution in [0.3, 0.4) is 0 Å². The molecule has 1 heterocycles. The van der Waals surface area contributed by atoms with Crippen LogP contribution in [0.4, 0.5) is 5.69 Å². The Labute approximate surface area is 112 Å². The summed E-state index contributed by atoms with van der Waals surface area (Å²) in [6.07, 6.45) is 0.822. The van der Waals surface area contributed by atoms with E-state index in [2.05, 4.69) is 10.6 Å². The maximum absolute atomic E-state index is 12.0. The van der Waals surface area contributed by atoms with E-state index in [4.69, 9.17) is 5.11 Å². The van der Waals surface area contributed by atoms with Crippen molar-refractivity contribution in [3.8, 4) is 0 Å². The van der Waals surface area contributed by atoms with Gasteiger partial charge in [0.05, 0.1) is 11.5 Å². The average Bonchev–Trinajstić information content (AvgIpc) is 2.86.